The van der Waals surface area contributed by atoms with Crippen LogP contribution in [0.2, 0.25) is 0 Å². The maximum absolute atomic E-state index is 12.1. The molecule has 1 heterocycles. The van der Waals surface area contributed by atoms with Crippen LogP contribution in [0.3, 0.4) is 0 Å². The van der Waals surface area contributed by atoms with E-state index in [9.17, 15) is 8.42 Å². The number of hydrogen-bond donors (Lipinski definition) is 2. The third-order valence-electron chi connectivity index (χ3n) is 2.65. The molecule has 0 aliphatic rings. The summed E-state index contributed by atoms with van der Waals surface area (Å²) >= 11 is 3.25. The summed E-state index contributed by atoms with van der Waals surface area (Å²) in [5.74, 6) is -0.0907. The van der Waals surface area contributed by atoms with E-state index >= 15 is 0 Å². The largest absolute Gasteiger partial charge is 0.326 e. The fourth-order valence-corrected chi connectivity index (χ4v) is 3.35. The lowest BCUT2D eigenvalue weighted by molar-refractivity contribution is 0.600. The summed E-state index contributed by atoms with van der Waals surface area (Å²) in [5.41, 5.74) is 7.65. The third kappa shape index (κ3) is 4.03. The minimum Gasteiger partial charge on any atom is -0.326 e. The van der Waals surface area contributed by atoms with Crippen molar-refractivity contribution in [3.8, 4) is 0 Å². The van der Waals surface area contributed by atoms with Gasteiger partial charge in [-0.3, -0.25) is 9.71 Å². The molecule has 0 amide bonds. The summed E-state index contributed by atoms with van der Waals surface area (Å²) in [7, 11) is -3.47. The average molecular weight is 356 g/mol. The molecule has 0 aliphatic carbocycles. The Hall–Kier alpha value is -1.44. The van der Waals surface area contributed by atoms with E-state index in [1.807, 2.05) is 12.1 Å². The van der Waals surface area contributed by atoms with Crippen LogP contribution in [0.4, 0.5) is 5.69 Å². The fraction of sp³-hybridized carbons (Fsp3) is 0.154. The number of nitrogens with two attached hydrogens (primary N) is 1. The molecule has 0 saturated carbocycles. The number of anilines is 1. The standard InChI is InChI=1S/C13H14BrN3O2S/c14-12-8-16-6-5-13(12)17-20(18,19)9-11-3-1-10(7-15)2-4-11/h1-6,8H,7,9,15H2,(H,16,17). The van der Waals surface area contributed by atoms with Gasteiger partial charge >= 0.3 is 0 Å². The Balaban J connectivity index is 2.13. The number of pyridine rings is 1. The van der Waals surface area contributed by atoms with Crippen LogP contribution in [0, 0.1) is 0 Å². The minimum atomic E-state index is -3.47. The molecule has 106 valence electrons. The second kappa shape index (κ2) is 6.34. The molecule has 5 nitrogen and oxygen atoms in total. The zero-order valence-electron chi connectivity index (χ0n) is 10.6. The van der Waals surface area contributed by atoms with Crippen LogP contribution in [0.1, 0.15) is 11.1 Å². The summed E-state index contributed by atoms with van der Waals surface area (Å²) in [6, 6.07) is 8.78. The maximum Gasteiger partial charge on any atom is 0.236 e. The maximum atomic E-state index is 12.1. The highest BCUT2D eigenvalue weighted by Crippen LogP contribution is 2.22. The van der Waals surface area contributed by atoms with Crippen LogP contribution in [0.25, 0.3) is 0 Å². The Morgan fingerprint density at radius 1 is 1.15 bits per heavy atom. The van der Waals surface area contributed by atoms with E-state index in [2.05, 4.69) is 25.6 Å². The first-order valence-corrected chi connectivity index (χ1v) is 8.32. The predicted octanol–water partition coefficient (Wildman–Crippen LogP) is 2.24. The van der Waals surface area contributed by atoms with Crippen molar-refractivity contribution in [1.29, 1.82) is 0 Å². The predicted molar refractivity (Wildman–Crippen MR) is 82.5 cm³/mol. The molecule has 1 aromatic heterocycles. The van der Waals surface area contributed by atoms with Gasteiger partial charge in [0.25, 0.3) is 0 Å². The van der Waals surface area contributed by atoms with Crippen molar-refractivity contribution in [3.63, 3.8) is 0 Å². The Morgan fingerprint density at radius 3 is 2.40 bits per heavy atom. The van der Waals surface area contributed by atoms with E-state index in [1.54, 1.807) is 18.2 Å². The molecule has 3 N–H and O–H groups in total. The van der Waals surface area contributed by atoms with Crippen LogP contribution in [-0.2, 0) is 22.3 Å². The number of hydrogen-bond acceptors (Lipinski definition) is 4. The van der Waals surface area contributed by atoms with Crippen molar-refractivity contribution in [1.82, 2.24) is 4.98 Å². The first-order chi connectivity index (χ1) is 9.50. The van der Waals surface area contributed by atoms with E-state index in [-0.39, 0.29) is 5.75 Å². The Bertz CT molecular complexity index is 687. The number of nitrogens with one attached hydrogen (secondary N) is 1. The van der Waals surface area contributed by atoms with Gasteiger partial charge in [-0.2, -0.15) is 0 Å². The highest BCUT2D eigenvalue weighted by Gasteiger charge is 2.13. The lowest BCUT2D eigenvalue weighted by Gasteiger charge is -2.09. The van der Waals surface area contributed by atoms with E-state index in [4.69, 9.17) is 5.73 Å². The highest BCUT2D eigenvalue weighted by atomic mass is 79.9. The van der Waals surface area contributed by atoms with Crippen molar-refractivity contribution in [2.45, 2.75) is 12.3 Å². The third-order valence-corrected chi connectivity index (χ3v) is 4.53. The fourth-order valence-electron chi connectivity index (χ4n) is 1.65. The van der Waals surface area contributed by atoms with Gasteiger partial charge in [0.1, 0.15) is 0 Å². The monoisotopic (exact) mass is 355 g/mol. The minimum absolute atomic E-state index is 0.0907. The van der Waals surface area contributed by atoms with E-state index < -0.39 is 10.0 Å². The van der Waals surface area contributed by atoms with Crippen LogP contribution in [-0.4, -0.2) is 13.4 Å². The second-order valence-electron chi connectivity index (χ2n) is 4.24. The van der Waals surface area contributed by atoms with Gasteiger partial charge in [-0.25, -0.2) is 8.42 Å². The van der Waals surface area contributed by atoms with Gasteiger partial charge in [-0.05, 0) is 33.1 Å². The van der Waals surface area contributed by atoms with Gasteiger partial charge in [-0.1, -0.05) is 24.3 Å². The number of benzene rings is 1. The molecule has 0 radical (unpaired) electrons. The average Bonchev–Trinajstić information content (AvgIpc) is 2.41. The van der Waals surface area contributed by atoms with Gasteiger partial charge in [-0.15, -0.1) is 0 Å². The molecule has 0 unspecified atom stereocenters. The quantitative estimate of drug-likeness (QED) is 0.861. The molecule has 0 atom stereocenters. The summed E-state index contributed by atoms with van der Waals surface area (Å²) in [6.07, 6.45) is 3.06. The van der Waals surface area contributed by atoms with E-state index in [0.717, 1.165) is 5.56 Å². The van der Waals surface area contributed by atoms with Gasteiger partial charge in [0.15, 0.2) is 0 Å². The van der Waals surface area contributed by atoms with Crippen molar-refractivity contribution in [2.75, 3.05) is 4.72 Å². The molecule has 0 bridgehead atoms. The van der Waals surface area contributed by atoms with Crippen LogP contribution < -0.4 is 10.5 Å². The number of nitrogens with zero attached hydrogens (tertiary/aromatic N) is 1. The zero-order chi connectivity index (χ0) is 14.6. The Labute approximate surface area is 126 Å². The normalized spacial score (nSPS) is 11.3. The van der Waals surface area contributed by atoms with Crippen LogP contribution >= 0.6 is 15.9 Å². The number of sulfonamides is 1. The highest BCUT2D eigenvalue weighted by molar-refractivity contribution is 9.10. The smallest absolute Gasteiger partial charge is 0.236 e. The molecular weight excluding hydrogens is 342 g/mol. The molecule has 0 spiro atoms. The van der Waals surface area contributed by atoms with Crippen molar-refractivity contribution in [3.05, 3.63) is 58.3 Å². The van der Waals surface area contributed by atoms with Gasteiger partial charge in [0.2, 0.25) is 10.0 Å². The number of halogens is 1. The van der Waals surface area contributed by atoms with Gasteiger partial charge in [0, 0.05) is 18.9 Å². The van der Waals surface area contributed by atoms with E-state index in [1.165, 1.54) is 12.4 Å². The molecule has 0 aliphatic heterocycles. The summed E-state index contributed by atoms with van der Waals surface area (Å²) in [5, 5.41) is 0. The van der Waals surface area contributed by atoms with Crippen molar-refractivity contribution < 1.29 is 8.42 Å². The van der Waals surface area contributed by atoms with Crippen LogP contribution in [0.15, 0.2) is 47.2 Å². The molecule has 2 rings (SSSR count). The molecule has 2 aromatic rings. The summed E-state index contributed by atoms with van der Waals surface area (Å²) in [4.78, 5) is 3.88. The Morgan fingerprint density at radius 2 is 1.80 bits per heavy atom. The first kappa shape index (κ1) is 15.0. The molecule has 7 heteroatoms. The van der Waals surface area contributed by atoms with Crippen molar-refractivity contribution in [2.24, 2.45) is 5.73 Å². The summed E-state index contributed by atoms with van der Waals surface area (Å²) in [6.45, 7) is 0.440. The Kier molecular flexibility index (Phi) is 4.74. The molecule has 0 fully saturated rings. The van der Waals surface area contributed by atoms with Crippen LogP contribution in [0.5, 0.6) is 0 Å². The second-order valence-corrected chi connectivity index (χ2v) is 6.81. The molecule has 1 aromatic carbocycles. The lowest BCUT2D eigenvalue weighted by Crippen LogP contribution is -2.15. The van der Waals surface area contributed by atoms with Gasteiger partial charge in [0.05, 0.1) is 15.9 Å². The first-order valence-electron chi connectivity index (χ1n) is 5.88. The van der Waals surface area contributed by atoms with Crippen molar-refractivity contribution >= 4 is 31.6 Å². The number of rotatable bonds is 5. The molecule has 20 heavy (non-hydrogen) atoms. The molecular formula is C13H14BrN3O2S. The van der Waals surface area contributed by atoms with Gasteiger partial charge < -0.3 is 5.73 Å². The lowest BCUT2D eigenvalue weighted by atomic mass is 10.1. The zero-order valence-corrected chi connectivity index (χ0v) is 13.0. The summed E-state index contributed by atoms with van der Waals surface area (Å²) < 4.78 is 27.3. The number of aromatic nitrogens is 1. The van der Waals surface area contributed by atoms with E-state index in [0.29, 0.717) is 22.3 Å². The topological polar surface area (TPSA) is 85.1 Å². The SMILES string of the molecule is NCc1ccc(CS(=O)(=O)Nc2ccncc2Br)cc1. The molecule has 0 saturated heterocycles.